The van der Waals surface area contributed by atoms with Gasteiger partial charge in [-0.15, -0.1) is 11.3 Å². The highest BCUT2D eigenvalue weighted by molar-refractivity contribution is 7.16. The largest absolute Gasteiger partial charge is 0.386 e. The highest BCUT2D eigenvalue weighted by Gasteiger charge is 2.14. The SMILES string of the molecule is CCNC(=NCC(O)c1ccc(Cl)s1)NC(C)c1ccc(F)cc1F. The van der Waals surface area contributed by atoms with E-state index in [-0.39, 0.29) is 6.54 Å². The third-order valence-corrected chi connectivity index (χ3v) is 4.80. The zero-order valence-electron chi connectivity index (χ0n) is 13.9. The Morgan fingerprint density at radius 1 is 1.32 bits per heavy atom. The molecule has 0 saturated heterocycles. The molecule has 25 heavy (non-hydrogen) atoms. The molecule has 4 nitrogen and oxygen atoms in total. The summed E-state index contributed by atoms with van der Waals surface area (Å²) in [5.41, 5.74) is 0.331. The predicted octanol–water partition coefficient (Wildman–Crippen LogP) is 4.03. The van der Waals surface area contributed by atoms with E-state index in [1.807, 2.05) is 6.92 Å². The first-order chi connectivity index (χ1) is 11.9. The Labute approximate surface area is 154 Å². The molecule has 0 saturated carbocycles. The Morgan fingerprint density at radius 3 is 2.68 bits per heavy atom. The smallest absolute Gasteiger partial charge is 0.191 e. The summed E-state index contributed by atoms with van der Waals surface area (Å²) in [7, 11) is 0. The lowest BCUT2D eigenvalue weighted by Crippen LogP contribution is -2.39. The lowest BCUT2D eigenvalue weighted by Gasteiger charge is -2.19. The summed E-state index contributed by atoms with van der Waals surface area (Å²) in [6, 6.07) is 6.51. The number of benzene rings is 1. The van der Waals surface area contributed by atoms with Gasteiger partial charge in [-0.2, -0.15) is 0 Å². The molecule has 0 aliphatic rings. The normalized spacial score (nSPS) is 14.2. The van der Waals surface area contributed by atoms with E-state index in [9.17, 15) is 13.9 Å². The molecule has 2 atom stereocenters. The number of nitrogens with zero attached hydrogens (tertiary/aromatic N) is 1. The Morgan fingerprint density at radius 2 is 2.08 bits per heavy atom. The van der Waals surface area contributed by atoms with Crippen molar-refractivity contribution in [1.29, 1.82) is 0 Å². The lowest BCUT2D eigenvalue weighted by atomic mass is 10.1. The molecule has 2 aromatic rings. The van der Waals surface area contributed by atoms with Gasteiger partial charge in [0.15, 0.2) is 5.96 Å². The van der Waals surface area contributed by atoms with Crippen LogP contribution in [0.5, 0.6) is 0 Å². The molecular formula is C17H20ClF2N3OS. The van der Waals surface area contributed by atoms with Crippen LogP contribution in [-0.4, -0.2) is 24.2 Å². The summed E-state index contributed by atoms with van der Waals surface area (Å²) in [5.74, 6) is -0.809. The Balaban J connectivity index is 2.06. The summed E-state index contributed by atoms with van der Waals surface area (Å²) in [6.45, 7) is 4.38. The number of hydrogen-bond donors (Lipinski definition) is 3. The maximum absolute atomic E-state index is 13.9. The minimum absolute atomic E-state index is 0.130. The first-order valence-electron chi connectivity index (χ1n) is 7.83. The Kier molecular flexibility index (Phi) is 7.16. The van der Waals surface area contributed by atoms with E-state index in [0.29, 0.717) is 22.4 Å². The molecular weight excluding hydrogens is 368 g/mol. The molecule has 0 spiro atoms. The second-order valence-electron chi connectivity index (χ2n) is 5.41. The number of thiophene rings is 1. The first-order valence-corrected chi connectivity index (χ1v) is 9.03. The minimum Gasteiger partial charge on any atom is -0.386 e. The molecule has 0 amide bonds. The van der Waals surface area contributed by atoms with Crippen molar-refractivity contribution < 1.29 is 13.9 Å². The van der Waals surface area contributed by atoms with Crippen LogP contribution in [0.3, 0.4) is 0 Å². The molecule has 0 fully saturated rings. The fourth-order valence-corrected chi connectivity index (χ4v) is 3.27. The molecule has 0 aliphatic carbocycles. The monoisotopic (exact) mass is 387 g/mol. The van der Waals surface area contributed by atoms with Gasteiger partial charge in [-0.05, 0) is 32.0 Å². The van der Waals surface area contributed by atoms with Gasteiger partial charge in [0.1, 0.15) is 17.7 Å². The lowest BCUT2D eigenvalue weighted by molar-refractivity contribution is 0.191. The van der Waals surface area contributed by atoms with Crippen molar-refractivity contribution >= 4 is 28.9 Å². The number of halogens is 3. The van der Waals surface area contributed by atoms with Crippen molar-refractivity contribution in [1.82, 2.24) is 10.6 Å². The molecule has 0 bridgehead atoms. The van der Waals surface area contributed by atoms with E-state index in [1.54, 1.807) is 19.1 Å². The van der Waals surface area contributed by atoms with Gasteiger partial charge in [-0.1, -0.05) is 17.7 Å². The average Bonchev–Trinajstić information content (AvgIpc) is 2.99. The third kappa shape index (κ3) is 5.66. The summed E-state index contributed by atoms with van der Waals surface area (Å²) >= 11 is 7.16. The molecule has 3 N–H and O–H groups in total. The van der Waals surface area contributed by atoms with Gasteiger partial charge in [0.2, 0.25) is 0 Å². The molecule has 1 aromatic heterocycles. The second kappa shape index (κ2) is 9.12. The van der Waals surface area contributed by atoms with Gasteiger partial charge in [0, 0.05) is 23.1 Å². The molecule has 0 aliphatic heterocycles. The van der Waals surface area contributed by atoms with Crippen molar-refractivity contribution in [2.75, 3.05) is 13.1 Å². The molecule has 1 heterocycles. The van der Waals surface area contributed by atoms with Crippen LogP contribution >= 0.6 is 22.9 Å². The number of aliphatic hydroxyl groups is 1. The zero-order chi connectivity index (χ0) is 18.4. The number of rotatable bonds is 6. The van der Waals surface area contributed by atoms with E-state index < -0.39 is 23.8 Å². The number of aliphatic imine (C=N–C) groups is 1. The van der Waals surface area contributed by atoms with Crippen molar-refractivity contribution in [3.63, 3.8) is 0 Å². The van der Waals surface area contributed by atoms with E-state index in [4.69, 9.17) is 11.6 Å². The van der Waals surface area contributed by atoms with Crippen molar-refractivity contribution in [3.05, 3.63) is 56.7 Å². The van der Waals surface area contributed by atoms with Crippen LogP contribution in [0.2, 0.25) is 4.34 Å². The molecule has 1 aromatic carbocycles. The molecule has 0 radical (unpaired) electrons. The molecule has 2 rings (SSSR count). The van der Waals surface area contributed by atoms with Gasteiger partial charge < -0.3 is 15.7 Å². The second-order valence-corrected chi connectivity index (χ2v) is 7.16. The minimum atomic E-state index is -0.772. The highest BCUT2D eigenvalue weighted by atomic mass is 35.5. The van der Waals surface area contributed by atoms with Crippen molar-refractivity contribution in [2.24, 2.45) is 4.99 Å². The quantitative estimate of drug-likeness (QED) is 0.518. The van der Waals surface area contributed by atoms with Crippen molar-refractivity contribution in [2.45, 2.75) is 26.0 Å². The molecule has 136 valence electrons. The summed E-state index contributed by atoms with van der Waals surface area (Å²) in [6.07, 6.45) is -0.772. The summed E-state index contributed by atoms with van der Waals surface area (Å²) in [5, 5.41) is 16.2. The third-order valence-electron chi connectivity index (χ3n) is 3.47. The van der Waals surface area contributed by atoms with E-state index in [0.717, 1.165) is 10.9 Å². The van der Waals surface area contributed by atoms with Gasteiger partial charge >= 0.3 is 0 Å². The van der Waals surface area contributed by atoms with E-state index >= 15 is 0 Å². The highest BCUT2D eigenvalue weighted by Crippen LogP contribution is 2.27. The van der Waals surface area contributed by atoms with Crippen LogP contribution < -0.4 is 10.6 Å². The maximum Gasteiger partial charge on any atom is 0.191 e. The Bertz CT molecular complexity index is 738. The zero-order valence-corrected chi connectivity index (χ0v) is 15.5. The van der Waals surface area contributed by atoms with Gasteiger partial charge in [0.05, 0.1) is 16.9 Å². The van der Waals surface area contributed by atoms with Crippen LogP contribution in [0.4, 0.5) is 8.78 Å². The molecule has 8 heteroatoms. The number of nitrogens with one attached hydrogen (secondary N) is 2. The summed E-state index contributed by atoms with van der Waals surface area (Å²) in [4.78, 5) is 5.05. The standard InChI is InChI=1S/C17H20ClF2N3OS/c1-3-21-17(22-9-14(24)15-6-7-16(18)25-15)23-10(2)12-5-4-11(19)8-13(12)20/h4-8,10,14,24H,3,9H2,1-2H3,(H2,21,22,23). The van der Waals surface area contributed by atoms with Crippen LogP contribution in [0.1, 0.15) is 36.4 Å². The van der Waals surface area contributed by atoms with Crippen LogP contribution in [0.15, 0.2) is 35.3 Å². The number of aliphatic hydroxyl groups excluding tert-OH is 1. The summed E-state index contributed by atoms with van der Waals surface area (Å²) < 4.78 is 27.5. The predicted molar refractivity (Wildman–Crippen MR) is 98.2 cm³/mol. The molecule has 2 unspecified atom stereocenters. The van der Waals surface area contributed by atoms with E-state index in [1.165, 1.54) is 23.5 Å². The maximum atomic E-state index is 13.9. The van der Waals surface area contributed by atoms with Crippen LogP contribution in [0.25, 0.3) is 0 Å². The van der Waals surface area contributed by atoms with Crippen molar-refractivity contribution in [3.8, 4) is 0 Å². The van der Waals surface area contributed by atoms with Crippen LogP contribution in [0, 0.1) is 11.6 Å². The van der Waals surface area contributed by atoms with Gasteiger partial charge in [0.25, 0.3) is 0 Å². The Hall–Kier alpha value is -1.70. The number of hydrogen-bond acceptors (Lipinski definition) is 3. The fraction of sp³-hybridized carbons (Fsp3) is 0.353. The topological polar surface area (TPSA) is 56.7 Å². The van der Waals surface area contributed by atoms with Crippen LogP contribution in [-0.2, 0) is 0 Å². The fourth-order valence-electron chi connectivity index (χ4n) is 2.23. The average molecular weight is 388 g/mol. The van der Waals surface area contributed by atoms with Gasteiger partial charge in [-0.25, -0.2) is 8.78 Å². The number of guanidine groups is 1. The first kappa shape index (κ1) is 19.6. The van der Waals surface area contributed by atoms with Gasteiger partial charge in [-0.3, -0.25) is 4.99 Å². The van der Waals surface area contributed by atoms with E-state index in [2.05, 4.69) is 15.6 Å².